The van der Waals surface area contributed by atoms with Crippen LogP contribution in [0.5, 0.6) is 0 Å². The first-order valence-corrected chi connectivity index (χ1v) is 5.60. The fourth-order valence-electron chi connectivity index (χ4n) is 1.32. The molecule has 1 fully saturated rings. The van der Waals surface area contributed by atoms with Crippen molar-refractivity contribution >= 4 is 17.6 Å². The van der Waals surface area contributed by atoms with Gasteiger partial charge in [-0.3, -0.25) is 4.79 Å². The van der Waals surface area contributed by atoms with Gasteiger partial charge >= 0.3 is 5.97 Å². The first-order valence-electron chi connectivity index (χ1n) is 5.23. The van der Waals surface area contributed by atoms with Crippen LogP contribution >= 0.6 is 11.6 Å². The number of hydrogen-bond donors (Lipinski definition) is 1. The lowest BCUT2D eigenvalue weighted by Crippen LogP contribution is -2.18. The first kappa shape index (κ1) is 13.9. The average Bonchev–Trinajstić information content (AvgIpc) is 2.75. The standard InChI is InChI=1S/C6H11NO2.C5H3ClFN/c1-5(8)9-6-2-3-7-4-6;6-5-2-1-4(7)3-8-5/h6-7H,2-4H2,1H3;1-3H. The molecule has 1 saturated heterocycles. The third-order valence-electron chi connectivity index (χ3n) is 2.04. The van der Waals surface area contributed by atoms with Crippen LogP contribution in [0, 0.1) is 5.82 Å². The second-order valence-corrected chi connectivity index (χ2v) is 3.91. The van der Waals surface area contributed by atoms with Gasteiger partial charge in [0.15, 0.2) is 0 Å². The number of aromatic nitrogens is 1. The number of halogens is 2. The largest absolute Gasteiger partial charge is 0.461 e. The van der Waals surface area contributed by atoms with Crippen molar-refractivity contribution in [2.45, 2.75) is 19.4 Å². The number of nitrogens with zero attached hydrogens (tertiary/aromatic N) is 1. The third-order valence-corrected chi connectivity index (χ3v) is 2.26. The molecular formula is C11H14ClFN2O2. The van der Waals surface area contributed by atoms with Crippen molar-refractivity contribution in [2.24, 2.45) is 0 Å². The average molecular weight is 261 g/mol. The van der Waals surface area contributed by atoms with Crippen molar-refractivity contribution < 1.29 is 13.9 Å². The number of ether oxygens (including phenoxy) is 1. The highest BCUT2D eigenvalue weighted by Gasteiger charge is 2.15. The summed E-state index contributed by atoms with van der Waals surface area (Å²) >= 11 is 5.33. The summed E-state index contributed by atoms with van der Waals surface area (Å²) in [5.74, 6) is -0.543. The molecule has 2 heterocycles. The Balaban J connectivity index is 0.000000171. The predicted octanol–water partition coefficient (Wildman–Crippen LogP) is 1.79. The van der Waals surface area contributed by atoms with E-state index in [0.717, 1.165) is 25.7 Å². The van der Waals surface area contributed by atoms with Crippen LogP contribution in [0.15, 0.2) is 18.3 Å². The zero-order valence-electron chi connectivity index (χ0n) is 9.45. The van der Waals surface area contributed by atoms with Gasteiger partial charge in [0.2, 0.25) is 0 Å². The predicted molar refractivity (Wildman–Crippen MR) is 62.2 cm³/mol. The minimum Gasteiger partial charge on any atom is -0.461 e. The molecule has 0 bridgehead atoms. The maximum absolute atomic E-state index is 12.0. The van der Waals surface area contributed by atoms with E-state index in [1.165, 1.54) is 19.1 Å². The van der Waals surface area contributed by atoms with Crippen molar-refractivity contribution in [3.8, 4) is 0 Å². The maximum atomic E-state index is 12.0. The number of pyridine rings is 1. The minimum atomic E-state index is -0.366. The number of nitrogens with one attached hydrogen (secondary N) is 1. The summed E-state index contributed by atoms with van der Waals surface area (Å²) in [4.78, 5) is 13.8. The van der Waals surface area contributed by atoms with Gasteiger partial charge in [0.05, 0.1) is 6.20 Å². The molecule has 1 N–H and O–H groups in total. The highest BCUT2D eigenvalue weighted by molar-refractivity contribution is 6.29. The second kappa shape index (κ2) is 7.19. The Kier molecular flexibility index (Phi) is 5.86. The fourth-order valence-corrected chi connectivity index (χ4v) is 1.43. The molecule has 17 heavy (non-hydrogen) atoms. The van der Waals surface area contributed by atoms with E-state index >= 15 is 0 Å². The van der Waals surface area contributed by atoms with Crippen molar-refractivity contribution in [1.82, 2.24) is 10.3 Å². The molecule has 4 nitrogen and oxygen atoms in total. The molecule has 0 aliphatic carbocycles. The zero-order valence-corrected chi connectivity index (χ0v) is 10.2. The fraction of sp³-hybridized carbons (Fsp3) is 0.455. The number of esters is 1. The van der Waals surface area contributed by atoms with E-state index in [1.54, 1.807) is 0 Å². The molecule has 2 rings (SSSR count). The Morgan fingerprint density at radius 3 is 2.82 bits per heavy atom. The summed E-state index contributed by atoms with van der Waals surface area (Å²) in [6.07, 6.45) is 2.16. The van der Waals surface area contributed by atoms with E-state index in [0.29, 0.717) is 5.15 Å². The zero-order chi connectivity index (χ0) is 12.7. The van der Waals surface area contributed by atoms with Crippen molar-refractivity contribution in [3.05, 3.63) is 29.3 Å². The highest BCUT2D eigenvalue weighted by atomic mass is 35.5. The van der Waals surface area contributed by atoms with Crippen molar-refractivity contribution in [2.75, 3.05) is 13.1 Å². The number of carbonyl (C=O) groups is 1. The molecule has 1 aliphatic heterocycles. The summed E-state index contributed by atoms with van der Waals surface area (Å²) < 4.78 is 16.9. The Morgan fingerprint density at radius 2 is 2.41 bits per heavy atom. The molecule has 0 amide bonds. The Labute approximate surface area is 104 Å². The summed E-state index contributed by atoms with van der Waals surface area (Å²) in [6, 6.07) is 2.66. The molecule has 1 aliphatic rings. The van der Waals surface area contributed by atoms with E-state index in [1.807, 2.05) is 0 Å². The molecule has 6 heteroatoms. The molecule has 0 aromatic carbocycles. The minimum absolute atomic E-state index is 0.127. The molecule has 94 valence electrons. The molecule has 1 aromatic rings. The molecule has 0 spiro atoms. The lowest BCUT2D eigenvalue weighted by atomic mass is 10.3. The van der Waals surface area contributed by atoms with Gasteiger partial charge in [0.25, 0.3) is 0 Å². The van der Waals surface area contributed by atoms with Crippen LogP contribution in [-0.4, -0.2) is 30.1 Å². The topological polar surface area (TPSA) is 51.2 Å². The van der Waals surface area contributed by atoms with Crippen LogP contribution in [0.2, 0.25) is 5.15 Å². The van der Waals surface area contributed by atoms with Gasteiger partial charge in [-0.2, -0.15) is 0 Å². The second-order valence-electron chi connectivity index (χ2n) is 3.52. The summed E-state index contributed by atoms with van der Waals surface area (Å²) in [5, 5.41) is 3.41. The van der Waals surface area contributed by atoms with Crippen LogP contribution < -0.4 is 5.32 Å². The Bertz CT molecular complexity index is 332. The SMILES string of the molecule is CC(=O)OC1CCNC1.Fc1ccc(Cl)nc1. The molecule has 1 unspecified atom stereocenters. The monoisotopic (exact) mass is 260 g/mol. The third kappa shape index (κ3) is 6.19. The van der Waals surface area contributed by atoms with Gasteiger partial charge in [-0.25, -0.2) is 9.37 Å². The van der Waals surface area contributed by atoms with Crippen molar-refractivity contribution in [1.29, 1.82) is 0 Å². The van der Waals surface area contributed by atoms with E-state index in [4.69, 9.17) is 16.3 Å². The molecule has 0 saturated carbocycles. The van der Waals surface area contributed by atoms with Gasteiger partial charge in [-0.1, -0.05) is 11.6 Å². The van der Waals surface area contributed by atoms with Gasteiger partial charge in [-0.15, -0.1) is 0 Å². The van der Waals surface area contributed by atoms with Gasteiger partial charge in [-0.05, 0) is 25.1 Å². The van der Waals surface area contributed by atoms with Crippen LogP contribution in [0.4, 0.5) is 4.39 Å². The number of carbonyl (C=O) groups excluding carboxylic acids is 1. The summed E-state index contributed by atoms with van der Waals surface area (Å²) in [7, 11) is 0. The smallest absolute Gasteiger partial charge is 0.302 e. The van der Waals surface area contributed by atoms with Crippen LogP contribution in [0.3, 0.4) is 0 Å². The maximum Gasteiger partial charge on any atom is 0.302 e. The lowest BCUT2D eigenvalue weighted by molar-refractivity contribution is -0.145. The molecule has 1 atom stereocenters. The number of hydrogen-bond acceptors (Lipinski definition) is 4. The van der Waals surface area contributed by atoms with Gasteiger partial charge in [0, 0.05) is 13.5 Å². The van der Waals surface area contributed by atoms with Gasteiger partial charge < -0.3 is 10.1 Å². The number of rotatable bonds is 1. The quantitative estimate of drug-likeness (QED) is 0.618. The van der Waals surface area contributed by atoms with E-state index in [-0.39, 0.29) is 17.9 Å². The molecular weight excluding hydrogens is 247 g/mol. The first-order chi connectivity index (χ1) is 8.08. The lowest BCUT2D eigenvalue weighted by Gasteiger charge is -2.06. The summed E-state index contributed by atoms with van der Waals surface area (Å²) in [6.45, 7) is 3.23. The van der Waals surface area contributed by atoms with E-state index in [2.05, 4.69) is 10.3 Å². The van der Waals surface area contributed by atoms with Crippen LogP contribution in [0.1, 0.15) is 13.3 Å². The van der Waals surface area contributed by atoms with Gasteiger partial charge in [0.1, 0.15) is 17.1 Å². The molecule has 0 radical (unpaired) electrons. The van der Waals surface area contributed by atoms with E-state index < -0.39 is 0 Å². The molecule has 1 aromatic heterocycles. The van der Waals surface area contributed by atoms with Crippen molar-refractivity contribution in [3.63, 3.8) is 0 Å². The normalized spacial score (nSPS) is 18.2. The Hall–Kier alpha value is -1.20. The van der Waals surface area contributed by atoms with Crippen LogP contribution in [-0.2, 0) is 9.53 Å². The van der Waals surface area contributed by atoms with E-state index in [9.17, 15) is 9.18 Å². The van der Waals surface area contributed by atoms with Crippen LogP contribution in [0.25, 0.3) is 0 Å². The highest BCUT2D eigenvalue weighted by Crippen LogP contribution is 2.02. The summed E-state index contributed by atoms with van der Waals surface area (Å²) in [5.41, 5.74) is 0. The Morgan fingerprint density at radius 1 is 1.65 bits per heavy atom.